The molecule has 0 radical (unpaired) electrons. The second-order valence-corrected chi connectivity index (χ2v) is 4.43. The van der Waals surface area contributed by atoms with Crippen molar-refractivity contribution in [2.75, 3.05) is 14.2 Å². The predicted octanol–water partition coefficient (Wildman–Crippen LogP) is 2.35. The van der Waals surface area contributed by atoms with Crippen LogP contribution in [0.15, 0.2) is 12.1 Å². The normalized spacial score (nSPS) is 16.8. The molecule has 1 aromatic rings. The van der Waals surface area contributed by atoms with E-state index >= 15 is 0 Å². The molecular weight excluding hydrogens is 239 g/mol. The van der Waals surface area contributed by atoms with Crippen LogP contribution in [-0.2, 0) is 10.2 Å². The average molecular weight is 254 g/mol. The van der Waals surface area contributed by atoms with E-state index in [2.05, 4.69) is 0 Å². The fourth-order valence-electron chi connectivity index (χ4n) is 2.41. The van der Waals surface area contributed by atoms with E-state index < -0.39 is 17.2 Å². The number of hydrogen-bond acceptors (Lipinski definition) is 3. The maximum Gasteiger partial charge on any atom is 0.314 e. The summed E-state index contributed by atoms with van der Waals surface area (Å²) in [6, 6.07) is 2.42. The Kier molecular flexibility index (Phi) is 3.15. The standard InChI is InChI=1S/C13H15FO4/c1-17-10-7-8(14)6-9(11(10)18-2)13(12(15)16)4-3-5-13/h6-7H,3-5H2,1-2H3,(H,15,16). The van der Waals surface area contributed by atoms with Crippen molar-refractivity contribution in [3.05, 3.63) is 23.5 Å². The Morgan fingerprint density at radius 1 is 1.33 bits per heavy atom. The van der Waals surface area contributed by atoms with Gasteiger partial charge in [0.15, 0.2) is 11.5 Å². The SMILES string of the molecule is COc1cc(F)cc(C2(C(=O)O)CCC2)c1OC. The van der Waals surface area contributed by atoms with Gasteiger partial charge in [0.2, 0.25) is 0 Å². The first-order valence-corrected chi connectivity index (χ1v) is 5.70. The molecule has 0 heterocycles. The van der Waals surface area contributed by atoms with E-state index in [9.17, 15) is 14.3 Å². The number of halogens is 1. The Labute approximate surface area is 104 Å². The number of carboxylic acid groups (broad SMARTS) is 1. The third-order valence-electron chi connectivity index (χ3n) is 3.58. The zero-order chi connectivity index (χ0) is 13.3. The first-order valence-electron chi connectivity index (χ1n) is 5.70. The Hall–Kier alpha value is -1.78. The molecule has 0 atom stereocenters. The van der Waals surface area contributed by atoms with E-state index in [0.29, 0.717) is 24.2 Å². The fourth-order valence-corrected chi connectivity index (χ4v) is 2.41. The largest absolute Gasteiger partial charge is 0.493 e. The van der Waals surface area contributed by atoms with E-state index in [0.717, 1.165) is 6.42 Å². The lowest BCUT2D eigenvalue weighted by atomic mass is 9.64. The third kappa shape index (κ3) is 1.70. The molecule has 18 heavy (non-hydrogen) atoms. The summed E-state index contributed by atoms with van der Waals surface area (Å²) >= 11 is 0. The first kappa shape index (κ1) is 12.7. The highest BCUT2D eigenvalue weighted by molar-refractivity contribution is 5.84. The van der Waals surface area contributed by atoms with Crippen LogP contribution in [0.4, 0.5) is 4.39 Å². The lowest BCUT2D eigenvalue weighted by molar-refractivity contribution is -0.147. The zero-order valence-corrected chi connectivity index (χ0v) is 10.3. The van der Waals surface area contributed by atoms with Gasteiger partial charge in [-0.2, -0.15) is 0 Å². The fraction of sp³-hybridized carbons (Fsp3) is 0.462. The molecule has 0 aromatic heterocycles. The van der Waals surface area contributed by atoms with Crippen molar-refractivity contribution in [3.8, 4) is 11.5 Å². The molecule has 1 aliphatic rings. The lowest BCUT2D eigenvalue weighted by Crippen LogP contribution is -2.42. The van der Waals surface area contributed by atoms with Crippen LogP contribution in [0, 0.1) is 5.82 Å². The van der Waals surface area contributed by atoms with Gasteiger partial charge in [-0.3, -0.25) is 4.79 Å². The second kappa shape index (κ2) is 4.48. The van der Waals surface area contributed by atoms with Crippen molar-refractivity contribution in [2.45, 2.75) is 24.7 Å². The highest BCUT2D eigenvalue weighted by atomic mass is 19.1. The number of hydrogen-bond donors (Lipinski definition) is 1. The van der Waals surface area contributed by atoms with Crippen LogP contribution in [-0.4, -0.2) is 25.3 Å². The smallest absolute Gasteiger partial charge is 0.314 e. The number of rotatable bonds is 4. The maximum absolute atomic E-state index is 13.6. The lowest BCUT2D eigenvalue weighted by Gasteiger charge is -2.39. The number of aliphatic carboxylic acids is 1. The van der Waals surface area contributed by atoms with E-state index in [4.69, 9.17) is 9.47 Å². The Balaban J connectivity index is 2.62. The molecule has 98 valence electrons. The van der Waals surface area contributed by atoms with Gasteiger partial charge >= 0.3 is 5.97 Å². The summed E-state index contributed by atoms with van der Waals surface area (Å²) in [5, 5.41) is 9.39. The molecule has 1 saturated carbocycles. The number of benzene rings is 1. The summed E-state index contributed by atoms with van der Waals surface area (Å²) in [4.78, 5) is 11.5. The topological polar surface area (TPSA) is 55.8 Å². The van der Waals surface area contributed by atoms with Crippen molar-refractivity contribution in [2.24, 2.45) is 0 Å². The average Bonchev–Trinajstić information content (AvgIpc) is 2.26. The molecule has 1 fully saturated rings. The predicted molar refractivity (Wildman–Crippen MR) is 62.7 cm³/mol. The molecule has 2 rings (SSSR count). The molecule has 5 heteroatoms. The molecule has 0 unspecified atom stereocenters. The molecule has 0 spiro atoms. The van der Waals surface area contributed by atoms with Crippen molar-refractivity contribution in [1.82, 2.24) is 0 Å². The molecule has 1 N–H and O–H groups in total. The monoisotopic (exact) mass is 254 g/mol. The van der Waals surface area contributed by atoms with Gasteiger partial charge in [-0.05, 0) is 18.9 Å². The molecular formula is C13H15FO4. The van der Waals surface area contributed by atoms with Crippen LogP contribution in [0.5, 0.6) is 11.5 Å². The summed E-state index contributed by atoms with van der Waals surface area (Å²) in [5.74, 6) is -0.934. The van der Waals surface area contributed by atoms with Gasteiger partial charge in [-0.15, -0.1) is 0 Å². The van der Waals surface area contributed by atoms with E-state index in [1.54, 1.807) is 0 Å². The number of carboxylic acids is 1. The Morgan fingerprint density at radius 3 is 2.39 bits per heavy atom. The molecule has 0 saturated heterocycles. The molecule has 0 bridgehead atoms. The maximum atomic E-state index is 13.6. The van der Waals surface area contributed by atoms with Crippen LogP contribution < -0.4 is 9.47 Å². The van der Waals surface area contributed by atoms with E-state index in [1.807, 2.05) is 0 Å². The molecule has 1 aliphatic carbocycles. The second-order valence-electron chi connectivity index (χ2n) is 4.43. The zero-order valence-electron chi connectivity index (χ0n) is 10.3. The number of carbonyl (C=O) groups is 1. The van der Waals surface area contributed by atoms with Gasteiger partial charge in [-0.25, -0.2) is 4.39 Å². The molecule has 1 aromatic carbocycles. The van der Waals surface area contributed by atoms with Crippen LogP contribution in [0.25, 0.3) is 0 Å². The van der Waals surface area contributed by atoms with Gasteiger partial charge in [-0.1, -0.05) is 6.42 Å². The molecule has 0 aliphatic heterocycles. The molecule has 0 amide bonds. The highest BCUT2D eigenvalue weighted by Crippen LogP contribution is 2.50. The number of ether oxygens (including phenoxy) is 2. The van der Waals surface area contributed by atoms with E-state index in [1.165, 1.54) is 26.4 Å². The van der Waals surface area contributed by atoms with Crippen molar-refractivity contribution in [3.63, 3.8) is 0 Å². The minimum atomic E-state index is -1.04. The minimum Gasteiger partial charge on any atom is -0.493 e. The van der Waals surface area contributed by atoms with Gasteiger partial charge in [0.1, 0.15) is 5.82 Å². The molecule has 4 nitrogen and oxygen atoms in total. The van der Waals surface area contributed by atoms with Gasteiger partial charge in [0, 0.05) is 11.6 Å². The first-order chi connectivity index (χ1) is 8.55. The third-order valence-corrected chi connectivity index (χ3v) is 3.58. The van der Waals surface area contributed by atoms with Crippen molar-refractivity contribution < 1.29 is 23.8 Å². The van der Waals surface area contributed by atoms with Crippen LogP contribution in [0.2, 0.25) is 0 Å². The Morgan fingerprint density at radius 2 is 2.00 bits per heavy atom. The summed E-state index contributed by atoms with van der Waals surface area (Å²) < 4.78 is 23.8. The van der Waals surface area contributed by atoms with Crippen LogP contribution in [0.1, 0.15) is 24.8 Å². The van der Waals surface area contributed by atoms with Gasteiger partial charge in [0.05, 0.1) is 19.6 Å². The summed E-state index contributed by atoms with van der Waals surface area (Å²) in [7, 11) is 2.82. The summed E-state index contributed by atoms with van der Waals surface area (Å²) in [6.45, 7) is 0. The van der Waals surface area contributed by atoms with Crippen molar-refractivity contribution >= 4 is 5.97 Å². The number of methoxy groups -OCH3 is 2. The minimum absolute atomic E-state index is 0.222. The van der Waals surface area contributed by atoms with Crippen LogP contribution in [0.3, 0.4) is 0 Å². The van der Waals surface area contributed by atoms with Gasteiger partial charge in [0.25, 0.3) is 0 Å². The van der Waals surface area contributed by atoms with Crippen LogP contribution >= 0.6 is 0 Å². The highest BCUT2D eigenvalue weighted by Gasteiger charge is 2.48. The quantitative estimate of drug-likeness (QED) is 0.896. The van der Waals surface area contributed by atoms with E-state index in [-0.39, 0.29) is 5.75 Å². The summed E-state index contributed by atoms with van der Waals surface area (Å²) in [6.07, 6.45) is 1.80. The van der Waals surface area contributed by atoms with Crippen molar-refractivity contribution in [1.29, 1.82) is 0 Å². The Bertz CT molecular complexity index is 480. The van der Waals surface area contributed by atoms with Gasteiger partial charge < -0.3 is 14.6 Å². The summed E-state index contributed by atoms with van der Waals surface area (Å²) in [5.41, 5.74) is -0.679.